The molecule has 25 heavy (non-hydrogen) atoms. The zero-order valence-corrected chi connectivity index (χ0v) is 13.4. The summed E-state index contributed by atoms with van der Waals surface area (Å²) < 4.78 is 5.67. The third kappa shape index (κ3) is 3.75. The number of ether oxygens (including phenoxy) is 1. The third-order valence-electron chi connectivity index (χ3n) is 4.00. The zero-order chi connectivity index (χ0) is 17.8. The highest BCUT2D eigenvalue weighted by Gasteiger charge is 2.36. The number of nitrogens with zero attached hydrogens (tertiary/aromatic N) is 1. The van der Waals surface area contributed by atoms with Crippen LogP contribution in [0.2, 0.25) is 0 Å². The van der Waals surface area contributed by atoms with Crippen LogP contribution in [-0.2, 0) is 16.1 Å². The fraction of sp³-hybridized carbons (Fsp3) is 0.211. The van der Waals surface area contributed by atoms with Gasteiger partial charge in [-0.2, -0.15) is 0 Å². The van der Waals surface area contributed by atoms with Crippen molar-refractivity contribution in [3.8, 4) is 0 Å². The number of carboxylic acid groups (broad SMARTS) is 1. The number of carbonyl (C=O) groups excluding carboxylic acids is 2. The molecule has 2 amide bonds. The Hall–Kier alpha value is -2.99. The number of fused-ring (bicyclic) bond motifs is 1. The first kappa shape index (κ1) is 16.9. The fourth-order valence-electron chi connectivity index (χ4n) is 2.77. The Kier molecular flexibility index (Phi) is 4.90. The van der Waals surface area contributed by atoms with Crippen LogP contribution < -0.4 is 0 Å². The van der Waals surface area contributed by atoms with Gasteiger partial charge in [-0.05, 0) is 17.7 Å². The van der Waals surface area contributed by atoms with E-state index in [4.69, 9.17) is 9.84 Å². The predicted molar refractivity (Wildman–Crippen MR) is 89.1 cm³/mol. The highest BCUT2D eigenvalue weighted by atomic mass is 16.5. The van der Waals surface area contributed by atoms with E-state index in [1.165, 1.54) is 0 Å². The zero-order valence-electron chi connectivity index (χ0n) is 13.4. The lowest BCUT2D eigenvalue weighted by Gasteiger charge is -2.22. The van der Waals surface area contributed by atoms with Crippen LogP contribution in [0.5, 0.6) is 0 Å². The number of hydrogen-bond acceptors (Lipinski definition) is 4. The highest BCUT2D eigenvalue weighted by molar-refractivity contribution is 6.21. The minimum absolute atomic E-state index is 0.0918. The topological polar surface area (TPSA) is 83.9 Å². The molecule has 0 saturated heterocycles. The monoisotopic (exact) mass is 339 g/mol. The number of amides is 2. The van der Waals surface area contributed by atoms with Crippen molar-refractivity contribution in [3.05, 3.63) is 71.3 Å². The summed E-state index contributed by atoms with van der Waals surface area (Å²) in [6, 6.07) is 15.9. The quantitative estimate of drug-likeness (QED) is 0.783. The maximum absolute atomic E-state index is 12.4. The molecule has 0 unspecified atom stereocenters. The van der Waals surface area contributed by atoms with Crippen molar-refractivity contribution in [1.29, 1.82) is 0 Å². The van der Waals surface area contributed by atoms with E-state index in [-0.39, 0.29) is 19.6 Å². The minimum atomic E-state index is -1.05. The fourth-order valence-corrected chi connectivity index (χ4v) is 2.77. The molecular formula is C19H17NO5. The van der Waals surface area contributed by atoms with Crippen molar-refractivity contribution in [2.45, 2.75) is 19.1 Å². The van der Waals surface area contributed by atoms with Gasteiger partial charge in [-0.25, -0.2) is 0 Å². The standard InChI is InChI=1S/C19H17NO5/c21-17(22)10-14(25-12-13-6-2-1-3-7-13)11-20-18(23)15-8-4-5-9-16(15)19(20)24/h1-9,14H,10-12H2,(H,21,22)/t14-/m1/s1. The number of carboxylic acids is 1. The van der Waals surface area contributed by atoms with E-state index in [0.29, 0.717) is 11.1 Å². The van der Waals surface area contributed by atoms with Crippen LogP contribution in [-0.4, -0.2) is 40.4 Å². The van der Waals surface area contributed by atoms with Gasteiger partial charge in [-0.15, -0.1) is 0 Å². The van der Waals surface area contributed by atoms with Gasteiger partial charge in [0.2, 0.25) is 0 Å². The lowest BCUT2D eigenvalue weighted by atomic mass is 10.1. The summed E-state index contributed by atoms with van der Waals surface area (Å²) in [5.41, 5.74) is 1.56. The summed E-state index contributed by atoms with van der Waals surface area (Å²) in [6.45, 7) is 0.118. The van der Waals surface area contributed by atoms with Gasteiger partial charge < -0.3 is 9.84 Å². The van der Waals surface area contributed by atoms with Crippen molar-refractivity contribution in [2.75, 3.05) is 6.54 Å². The number of benzene rings is 2. The minimum Gasteiger partial charge on any atom is -0.481 e. The van der Waals surface area contributed by atoms with Crippen LogP contribution in [0, 0.1) is 0 Å². The second-order valence-corrected chi connectivity index (χ2v) is 5.78. The van der Waals surface area contributed by atoms with Crippen molar-refractivity contribution in [1.82, 2.24) is 4.90 Å². The average Bonchev–Trinajstić information content (AvgIpc) is 2.85. The Morgan fingerprint density at radius 3 is 2.08 bits per heavy atom. The average molecular weight is 339 g/mol. The van der Waals surface area contributed by atoms with E-state index >= 15 is 0 Å². The summed E-state index contributed by atoms with van der Waals surface area (Å²) in [5, 5.41) is 9.09. The molecule has 2 aromatic rings. The molecule has 0 radical (unpaired) electrons. The van der Waals surface area contributed by atoms with Gasteiger partial charge >= 0.3 is 5.97 Å². The van der Waals surface area contributed by atoms with Crippen molar-refractivity contribution < 1.29 is 24.2 Å². The van der Waals surface area contributed by atoms with Crippen LogP contribution in [0.3, 0.4) is 0 Å². The summed E-state index contributed by atoms with van der Waals surface area (Å²) in [5.74, 6) is -1.88. The molecule has 0 bridgehead atoms. The Balaban J connectivity index is 1.71. The second kappa shape index (κ2) is 7.27. The molecule has 128 valence electrons. The Morgan fingerprint density at radius 1 is 0.960 bits per heavy atom. The number of carbonyl (C=O) groups is 3. The first-order valence-corrected chi connectivity index (χ1v) is 7.89. The van der Waals surface area contributed by atoms with Crippen LogP contribution in [0.15, 0.2) is 54.6 Å². The van der Waals surface area contributed by atoms with Gasteiger partial charge in [0.25, 0.3) is 11.8 Å². The van der Waals surface area contributed by atoms with Gasteiger partial charge in [-0.1, -0.05) is 42.5 Å². The first-order chi connectivity index (χ1) is 12.1. The van der Waals surface area contributed by atoms with Crippen LogP contribution in [0.25, 0.3) is 0 Å². The maximum atomic E-state index is 12.4. The number of imide groups is 1. The molecule has 0 aliphatic carbocycles. The SMILES string of the molecule is O=C(O)C[C@H](CN1C(=O)c2ccccc2C1=O)OCc1ccccc1. The molecule has 0 saturated carbocycles. The summed E-state index contributed by atoms with van der Waals surface area (Å²) in [7, 11) is 0. The molecule has 6 nitrogen and oxygen atoms in total. The molecule has 1 heterocycles. The molecule has 6 heteroatoms. The summed E-state index contributed by atoms with van der Waals surface area (Å²) in [4.78, 5) is 37.0. The lowest BCUT2D eigenvalue weighted by molar-refractivity contribution is -0.140. The Labute approximate surface area is 144 Å². The molecule has 3 rings (SSSR count). The molecule has 1 aliphatic heterocycles. The van der Waals surface area contributed by atoms with Crippen molar-refractivity contribution >= 4 is 17.8 Å². The van der Waals surface area contributed by atoms with Gasteiger partial charge in [0, 0.05) is 0 Å². The van der Waals surface area contributed by atoms with Crippen molar-refractivity contribution in [3.63, 3.8) is 0 Å². The van der Waals surface area contributed by atoms with E-state index in [2.05, 4.69) is 0 Å². The van der Waals surface area contributed by atoms with E-state index in [1.54, 1.807) is 24.3 Å². The smallest absolute Gasteiger partial charge is 0.306 e. The molecule has 1 aliphatic rings. The molecule has 1 atom stereocenters. The number of aliphatic carboxylic acids is 1. The summed E-state index contributed by atoms with van der Waals surface area (Å²) >= 11 is 0. The van der Waals surface area contributed by atoms with Crippen molar-refractivity contribution in [2.24, 2.45) is 0 Å². The van der Waals surface area contributed by atoms with Gasteiger partial charge in [-0.3, -0.25) is 19.3 Å². The van der Waals surface area contributed by atoms with Gasteiger partial charge in [0.1, 0.15) is 0 Å². The molecule has 0 aromatic heterocycles. The molecule has 2 aromatic carbocycles. The molecule has 0 spiro atoms. The molecular weight excluding hydrogens is 322 g/mol. The normalized spacial score (nSPS) is 14.5. The number of hydrogen-bond donors (Lipinski definition) is 1. The molecule has 0 fully saturated rings. The first-order valence-electron chi connectivity index (χ1n) is 7.89. The van der Waals surface area contributed by atoms with E-state index in [1.807, 2.05) is 30.3 Å². The van der Waals surface area contributed by atoms with E-state index in [0.717, 1.165) is 10.5 Å². The summed E-state index contributed by atoms with van der Waals surface area (Å²) in [6.07, 6.45) is -1.07. The van der Waals surface area contributed by atoms with Gasteiger partial charge in [0.05, 0.1) is 36.8 Å². The largest absolute Gasteiger partial charge is 0.481 e. The highest BCUT2D eigenvalue weighted by Crippen LogP contribution is 2.23. The van der Waals surface area contributed by atoms with Crippen LogP contribution in [0.4, 0.5) is 0 Å². The Morgan fingerprint density at radius 2 is 1.52 bits per heavy atom. The van der Waals surface area contributed by atoms with E-state index in [9.17, 15) is 14.4 Å². The third-order valence-corrected chi connectivity index (χ3v) is 4.00. The van der Waals surface area contributed by atoms with Crippen LogP contribution >= 0.6 is 0 Å². The second-order valence-electron chi connectivity index (χ2n) is 5.78. The molecule has 1 N–H and O–H groups in total. The maximum Gasteiger partial charge on any atom is 0.306 e. The van der Waals surface area contributed by atoms with E-state index < -0.39 is 23.9 Å². The van der Waals surface area contributed by atoms with Gasteiger partial charge in [0.15, 0.2) is 0 Å². The predicted octanol–water partition coefficient (Wildman–Crippen LogP) is 2.34. The lowest BCUT2D eigenvalue weighted by Crippen LogP contribution is -2.39. The Bertz CT molecular complexity index is 767. The van der Waals surface area contributed by atoms with Crippen LogP contribution in [0.1, 0.15) is 32.7 Å². The number of rotatable bonds is 7.